The van der Waals surface area contributed by atoms with E-state index in [1.54, 1.807) is 0 Å². The van der Waals surface area contributed by atoms with Gasteiger partial charge in [0.2, 0.25) is 5.71 Å². The molecule has 0 saturated carbocycles. The van der Waals surface area contributed by atoms with Crippen LogP contribution < -0.4 is 5.32 Å². The van der Waals surface area contributed by atoms with Gasteiger partial charge in [0.05, 0.1) is 16.4 Å². The lowest BCUT2D eigenvalue weighted by atomic mass is 10.0. The van der Waals surface area contributed by atoms with E-state index in [0.29, 0.717) is 5.84 Å². The van der Waals surface area contributed by atoms with Crippen LogP contribution >= 0.6 is 0 Å². The van der Waals surface area contributed by atoms with Crippen molar-refractivity contribution in [1.82, 2.24) is 14.9 Å². The lowest BCUT2D eigenvalue weighted by Crippen LogP contribution is -2.33. The number of pyridine rings is 1. The summed E-state index contributed by atoms with van der Waals surface area (Å²) in [5.74, 6) is 1.50. The Morgan fingerprint density at radius 3 is 1.93 bits per heavy atom. The van der Waals surface area contributed by atoms with Crippen LogP contribution in [0.25, 0.3) is 71.9 Å². The van der Waals surface area contributed by atoms with E-state index in [9.17, 15) is 0 Å². The molecule has 1 atom stereocenters. The first kappa shape index (κ1) is 31.9. The van der Waals surface area contributed by atoms with Gasteiger partial charge in [0.1, 0.15) is 17.7 Å². The molecule has 0 saturated heterocycles. The molecule has 10 aromatic rings. The monoisotopic (exact) mass is 719 g/mol. The second-order valence-corrected chi connectivity index (χ2v) is 14.1. The number of fused-ring (bicyclic) bond motifs is 7. The number of rotatable bonds is 6. The molecule has 6 heteroatoms. The van der Waals surface area contributed by atoms with Crippen molar-refractivity contribution in [1.29, 1.82) is 0 Å². The molecule has 11 rings (SSSR count). The van der Waals surface area contributed by atoms with Gasteiger partial charge >= 0.3 is 0 Å². The van der Waals surface area contributed by atoms with Crippen LogP contribution in [0.1, 0.15) is 22.9 Å². The lowest BCUT2D eigenvalue weighted by molar-refractivity contribution is 0.645. The van der Waals surface area contributed by atoms with Gasteiger partial charge in [0.15, 0.2) is 11.4 Å². The van der Waals surface area contributed by atoms with Crippen molar-refractivity contribution in [2.45, 2.75) is 6.17 Å². The Labute approximate surface area is 322 Å². The van der Waals surface area contributed by atoms with E-state index in [-0.39, 0.29) is 6.17 Å². The van der Waals surface area contributed by atoms with E-state index >= 15 is 0 Å². The Kier molecular flexibility index (Phi) is 7.45. The number of aromatic nitrogens is 2. The molecule has 56 heavy (non-hydrogen) atoms. The van der Waals surface area contributed by atoms with Gasteiger partial charge in [-0.15, -0.1) is 0 Å². The molecule has 1 N–H and O–H groups in total. The zero-order valence-corrected chi connectivity index (χ0v) is 30.2. The van der Waals surface area contributed by atoms with E-state index in [1.165, 1.54) is 0 Å². The van der Waals surface area contributed by atoms with E-state index in [2.05, 4.69) is 137 Å². The fourth-order valence-electron chi connectivity index (χ4n) is 8.03. The Bertz CT molecular complexity index is 3160. The topological polar surface area (TPSA) is 67.7 Å². The minimum atomic E-state index is -0.327. The highest BCUT2D eigenvalue weighted by atomic mass is 16.3. The van der Waals surface area contributed by atoms with Crippen molar-refractivity contribution >= 4 is 55.5 Å². The molecule has 1 aliphatic heterocycles. The molecule has 1 unspecified atom stereocenters. The van der Waals surface area contributed by atoms with Crippen LogP contribution in [0.4, 0.5) is 0 Å². The normalized spacial score (nSPS) is 14.2. The van der Waals surface area contributed by atoms with Crippen molar-refractivity contribution in [3.05, 3.63) is 205 Å². The number of para-hydroxylation sites is 2. The minimum absolute atomic E-state index is 0.327. The fourth-order valence-corrected chi connectivity index (χ4v) is 8.03. The SMILES string of the molecule is c1ccc(C2=NC(c3cccc(-c4cccc(-n5c6ccccc6c6c7c(oc65)c(-c5ccccc5)nc5ccccc57)c4)c3)NC(c3ccccc3)=N2)cc1. The Morgan fingerprint density at radius 1 is 0.518 bits per heavy atom. The van der Waals surface area contributed by atoms with Crippen molar-refractivity contribution < 1.29 is 4.42 Å². The summed E-state index contributed by atoms with van der Waals surface area (Å²) in [6.45, 7) is 0. The maximum Gasteiger partial charge on any atom is 0.213 e. The molecule has 264 valence electrons. The number of furan rings is 1. The number of nitrogens with one attached hydrogen (secondary N) is 1. The van der Waals surface area contributed by atoms with Crippen molar-refractivity contribution in [2.24, 2.45) is 9.98 Å². The molecule has 0 bridgehead atoms. The van der Waals surface area contributed by atoms with Crippen LogP contribution in [-0.2, 0) is 0 Å². The molecule has 3 aromatic heterocycles. The van der Waals surface area contributed by atoms with E-state index < -0.39 is 0 Å². The average molecular weight is 720 g/mol. The predicted octanol–water partition coefficient (Wildman–Crippen LogP) is 11.9. The van der Waals surface area contributed by atoms with Gasteiger partial charge in [-0.25, -0.2) is 15.0 Å². The van der Waals surface area contributed by atoms with Gasteiger partial charge in [-0.1, -0.05) is 158 Å². The number of nitrogens with zero attached hydrogens (tertiary/aromatic N) is 4. The largest absolute Gasteiger partial charge is 0.437 e. The summed E-state index contributed by atoms with van der Waals surface area (Å²) >= 11 is 0. The number of aliphatic imine (C=N–C) groups is 2. The molecule has 1 aliphatic rings. The minimum Gasteiger partial charge on any atom is -0.437 e. The second-order valence-electron chi connectivity index (χ2n) is 14.1. The summed E-state index contributed by atoms with van der Waals surface area (Å²) in [6.07, 6.45) is -0.327. The van der Waals surface area contributed by atoms with Crippen LogP contribution in [0, 0.1) is 0 Å². The molecule has 4 heterocycles. The summed E-state index contributed by atoms with van der Waals surface area (Å²) in [5, 5.41) is 8.00. The third kappa shape index (κ3) is 5.30. The van der Waals surface area contributed by atoms with Gasteiger partial charge in [-0.2, -0.15) is 0 Å². The first-order valence-corrected chi connectivity index (χ1v) is 18.8. The molecule has 0 fully saturated rings. The molecular formula is C50H33N5O. The highest BCUT2D eigenvalue weighted by Gasteiger charge is 2.25. The molecule has 0 spiro atoms. The molecule has 0 amide bonds. The summed E-state index contributed by atoms with van der Waals surface area (Å²) in [5.41, 5.74) is 11.7. The summed E-state index contributed by atoms with van der Waals surface area (Å²) in [4.78, 5) is 15.2. The predicted molar refractivity (Wildman–Crippen MR) is 229 cm³/mol. The summed E-state index contributed by atoms with van der Waals surface area (Å²) in [7, 11) is 0. The van der Waals surface area contributed by atoms with Crippen LogP contribution in [0.5, 0.6) is 0 Å². The quantitative estimate of drug-likeness (QED) is 0.186. The van der Waals surface area contributed by atoms with E-state index in [4.69, 9.17) is 19.4 Å². The maximum atomic E-state index is 7.02. The smallest absolute Gasteiger partial charge is 0.213 e. The lowest BCUT2D eigenvalue weighted by Gasteiger charge is -2.24. The third-order valence-corrected chi connectivity index (χ3v) is 10.6. The Balaban J connectivity index is 1.05. The van der Waals surface area contributed by atoms with Gasteiger partial charge in [-0.05, 0) is 47.0 Å². The second kappa shape index (κ2) is 13.1. The van der Waals surface area contributed by atoms with Crippen LogP contribution in [0.3, 0.4) is 0 Å². The average Bonchev–Trinajstić information content (AvgIpc) is 3.82. The van der Waals surface area contributed by atoms with Gasteiger partial charge in [-0.3, -0.25) is 4.57 Å². The number of benzene rings is 7. The number of hydrogen-bond acceptors (Lipinski definition) is 5. The molecule has 7 aromatic carbocycles. The standard InChI is InChI=1S/C50H33N5O/c1-4-16-32(17-5-1)45-46-43(39-26-10-12-28-41(39)51-45)44-40-27-11-13-29-42(40)55(50(44)56-46)38-25-15-23-36(31-38)35-22-14-24-37(30-35)49-53-47(33-18-6-2-7-19-33)52-48(54-49)34-20-8-3-9-21-34/h1-31,49H,(H,52,53,54). The van der Waals surface area contributed by atoms with Gasteiger partial charge < -0.3 is 9.73 Å². The Morgan fingerprint density at radius 2 is 1.14 bits per heavy atom. The van der Waals surface area contributed by atoms with Crippen LogP contribution in [-0.4, -0.2) is 21.2 Å². The maximum absolute atomic E-state index is 7.02. The Hall–Kier alpha value is -7.57. The number of amidine groups is 2. The zero-order valence-electron chi connectivity index (χ0n) is 30.2. The molecule has 0 aliphatic carbocycles. The highest BCUT2D eigenvalue weighted by Crippen LogP contribution is 2.44. The van der Waals surface area contributed by atoms with Crippen molar-refractivity contribution in [3.8, 4) is 28.1 Å². The van der Waals surface area contributed by atoms with Crippen LogP contribution in [0.15, 0.2) is 202 Å². The molecular weight excluding hydrogens is 687 g/mol. The fraction of sp³-hybridized carbons (Fsp3) is 0.0200. The first-order chi connectivity index (χ1) is 27.8. The number of hydrogen-bond donors (Lipinski definition) is 1. The van der Waals surface area contributed by atoms with E-state index in [0.717, 1.165) is 94.5 Å². The van der Waals surface area contributed by atoms with E-state index in [1.807, 2.05) is 60.7 Å². The highest BCUT2D eigenvalue weighted by molar-refractivity contribution is 6.28. The summed E-state index contributed by atoms with van der Waals surface area (Å²) in [6, 6.07) is 65.0. The first-order valence-electron chi connectivity index (χ1n) is 18.8. The van der Waals surface area contributed by atoms with Crippen LogP contribution in [0.2, 0.25) is 0 Å². The van der Waals surface area contributed by atoms with Crippen molar-refractivity contribution in [3.63, 3.8) is 0 Å². The van der Waals surface area contributed by atoms with Gasteiger partial charge in [0.25, 0.3) is 0 Å². The zero-order chi connectivity index (χ0) is 37.0. The summed E-state index contributed by atoms with van der Waals surface area (Å²) < 4.78 is 9.27. The molecule has 0 radical (unpaired) electrons. The third-order valence-electron chi connectivity index (χ3n) is 10.6. The van der Waals surface area contributed by atoms with Gasteiger partial charge in [0, 0.05) is 38.5 Å². The van der Waals surface area contributed by atoms with Crippen molar-refractivity contribution in [2.75, 3.05) is 0 Å². The molecule has 6 nitrogen and oxygen atoms in total.